The summed E-state index contributed by atoms with van der Waals surface area (Å²) in [6.45, 7) is 1.98. The van der Waals surface area contributed by atoms with Crippen LogP contribution < -0.4 is 5.32 Å². The number of nitrogens with one attached hydrogen (secondary N) is 1. The Morgan fingerprint density at radius 2 is 2.05 bits per heavy atom. The average Bonchev–Trinajstić information content (AvgIpc) is 2.46. The number of halogens is 1. The van der Waals surface area contributed by atoms with Crippen molar-refractivity contribution >= 4 is 33.6 Å². The number of thioether (sulfide) groups is 1. The Morgan fingerprint density at radius 1 is 1.30 bits per heavy atom. The Morgan fingerprint density at radius 3 is 2.75 bits per heavy atom. The number of aromatic nitrogens is 1. The average molecular weight is 351 g/mol. The zero-order valence-corrected chi connectivity index (χ0v) is 13.4. The quantitative estimate of drug-likeness (QED) is 0.833. The summed E-state index contributed by atoms with van der Waals surface area (Å²) >= 11 is 4.93. The molecule has 3 nitrogen and oxygen atoms in total. The zero-order valence-electron chi connectivity index (χ0n) is 11.0. The Kier molecular flexibility index (Phi) is 5.61. The highest BCUT2D eigenvalue weighted by molar-refractivity contribution is 9.10. The molecule has 0 spiro atoms. The summed E-state index contributed by atoms with van der Waals surface area (Å²) in [5.41, 5.74) is 1.07. The maximum atomic E-state index is 11.9. The fraction of sp³-hybridized carbons (Fsp3) is 0.200. The fourth-order valence-electron chi connectivity index (χ4n) is 1.76. The van der Waals surface area contributed by atoms with E-state index in [9.17, 15) is 4.79 Å². The molecule has 1 aromatic heterocycles. The van der Waals surface area contributed by atoms with E-state index in [4.69, 9.17) is 0 Å². The molecule has 0 saturated carbocycles. The van der Waals surface area contributed by atoms with Gasteiger partial charge in [-0.3, -0.25) is 4.79 Å². The summed E-state index contributed by atoms with van der Waals surface area (Å²) in [6.07, 6.45) is 1.73. The van der Waals surface area contributed by atoms with Crippen LogP contribution in [0.3, 0.4) is 0 Å². The first-order chi connectivity index (χ1) is 9.66. The van der Waals surface area contributed by atoms with Crippen molar-refractivity contribution in [3.05, 3.63) is 58.7 Å². The molecular weight excluding hydrogens is 336 g/mol. The van der Waals surface area contributed by atoms with Crippen LogP contribution in [0.25, 0.3) is 0 Å². The van der Waals surface area contributed by atoms with E-state index in [1.54, 1.807) is 6.20 Å². The van der Waals surface area contributed by atoms with Gasteiger partial charge < -0.3 is 5.32 Å². The van der Waals surface area contributed by atoms with Gasteiger partial charge in [0.25, 0.3) is 0 Å². The summed E-state index contributed by atoms with van der Waals surface area (Å²) in [4.78, 5) is 16.1. The van der Waals surface area contributed by atoms with E-state index >= 15 is 0 Å². The van der Waals surface area contributed by atoms with Crippen LogP contribution in [0.2, 0.25) is 0 Å². The molecule has 0 aliphatic heterocycles. The molecule has 104 valence electrons. The van der Waals surface area contributed by atoms with Crippen LogP contribution in [0.4, 0.5) is 0 Å². The smallest absolute Gasteiger partial charge is 0.230 e. The molecule has 1 atom stereocenters. The molecule has 1 amide bonds. The van der Waals surface area contributed by atoms with Crippen LogP contribution in [0, 0.1) is 0 Å². The summed E-state index contributed by atoms with van der Waals surface area (Å²) in [6, 6.07) is 13.5. The van der Waals surface area contributed by atoms with Gasteiger partial charge in [-0.15, -0.1) is 0 Å². The second-order valence-corrected chi connectivity index (χ2v) is 6.12. The number of benzene rings is 1. The largest absolute Gasteiger partial charge is 0.349 e. The topological polar surface area (TPSA) is 42.0 Å². The second-order valence-electron chi connectivity index (χ2n) is 4.27. The maximum absolute atomic E-state index is 11.9. The normalized spacial score (nSPS) is 11.9. The summed E-state index contributed by atoms with van der Waals surface area (Å²) in [5, 5.41) is 3.85. The molecule has 2 rings (SSSR count). The van der Waals surface area contributed by atoms with E-state index < -0.39 is 0 Å². The predicted octanol–water partition coefficient (Wildman–Crippen LogP) is 3.81. The summed E-state index contributed by atoms with van der Waals surface area (Å²) in [7, 11) is 0. The molecule has 0 saturated heterocycles. The first-order valence-electron chi connectivity index (χ1n) is 6.24. The first kappa shape index (κ1) is 15.1. The third-order valence-corrected chi connectivity index (χ3v) is 4.40. The van der Waals surface area contributed by atoms with Crippen molar-refractivity contribution in [2.45, 2.75) is 18.0 Å². The number of amides is 1. The van der Waals surface area contributed by atoms with Gasteiger partial charge >= 0.3 is 0 Å². The first-order valence-corrected chi connectivity index (χ1v) is 8.02. The van der Waals surface area contributed by atoms with Gasteiger partial charge in [-0.1, -0.05) is 52.0 Å². The van der Waals surface area contributed by atoms with Crippen molar-refractivity contribution in [2.75, 3.05) is 5.75 Å². The lowest BCUT2D eigenvalue weighted by molar-refractivity contribution is -0.119. The van der Waals surface area contributed by atoms with Crippen LogP contribution in [-0.2, 0) is 4.79 Å². The van der Waals surface area contributed by atoms with Crippen LogP contribution in [0.15, 0.2) is 58.2 Å². The number of hydrogen-bond acceptors (Lipinski definition) is 3. The number of pyridine rings is 1. The Labute approximate surface area is 131 Å². The Balaban J connectivity index is 1.87. The molecule has 0 radical (unpaired) electrons. The molecule has 0 fully saturated rings. The minimum Gasteiger partial charge on any atom is -0.349 e. The highest BCUT2D eigenvalue weighted by Crippen LogP contribution is 2.23. The lowest BCUT2D eigenvalue weighted by atomic mass is 10.1. The number of carbonyl (C=O) groups excluding carboxylic acids is 1. The zero-order chi connectivity index (χ0) is 14.4. The van der Waals surface area contributed by atoms with Gasteiger partial charge in [0, 0.05) is 10.7 Å². The SMILES string of the molecule is C[C@@H](NC(=O)CSc1ccccn1)c1ccccc1Br. The van der Waals surface area contributed by atoms with Crippen molar-refractivity contribution in [1.29, 1.82) is 0 Å². The third-order valence-electron chi connectivity index (χ3n) is 2.74. The van der Waals surface area contributed by atoms with Gasteiger partial charge in [0.15, 0.2) is 0 Å². The van der Waals surface area contributed by atoms with Crippen molar-refractivity contribution < 1.29 is 4.79 Å². The molecule has 0 aliphatic rings. The lowest BCUT2D eigenvalue weighted by Gasteiger charge is -2.15. The monoisotopic (exact) mass is 350 g/mol. The van der Waals surface area contributed by atoms with Gasteiger partial charge in [-0.25, -0.2) is 4.98 Å². The van der Waals surface area contributed by atoms with E-state index in [-0.39, 0.29) is 11.9 Å². The van der Waals surface area contributed by atoms with E-state index in [1.165, 1.54) is 11.8 Å². The van der Waals surface area contributed by atoms with Gasteiger partial charge in [0.1, 0.15) is 0 Å². The molecule has 0 bridgehead atoms. The molecule has 2 aromatic rings. The lowest BCUT2D eigenvalue weighted by Crippen LogP contribution is -2.28. The molecule has 0 aliphatic carbocycles. The Hall–Kier alpha value is -1.33. The predicted molar refractivity (Wildman–Crippen MR) is 85.7 cm³/mol. The molecule has 5 heteroatoms. The molecule has 1 aromatic carbocycles. The van der Waals surface area contributed by atoms with Gasteiger partial charge in [0.2, 0.25) is 5.91 Å². The molecule has 20 heavy (non-hydrogen) atoms. The number of hydrogen-bond donors (Lipinski definition) is 1. The highest BCUT2D eigenvalue weighted by Gasteiger charge is 2.12. The fourth-order valence-corrected chi connectivity index (χ4v) is 3.06. The van der Waals surface area contributed by atoms with Crippen molar-refractivity contribution in [1.82, 2.24) is 10.3 Å². The number of rotatable bonds is 5. The Bertz CT molecular complexity index is 577. The maximum Gasteiger partial charge on any atom is 0.230 e. The number of carbonyl (C=O) groups is 1. The van der Waals surface area contributed by atoms with Crippen molar-refractivity contribution in [3.8, 4) is 0 Å². The van der Waals surface area contributed by atoms with Crippen LogP contribution in [0.5, 0.6) is 0 Å². The molecular formula is C15H15BrN2OS. The van der Waals surface area contributed by atoms with Crippen LogP contribution >= 0.6 is 27.7 Å². The van der Waals surface area contributed by atoms with Crippen LogP contribution in [-0.4, -0.2) is 16.6 Å². The van der Waals surface area contributed by atoms with Gasteiger partial charge in [-0.05, 0) is 30.7 Å². The van der Waals surface area contributed by atoms with E-state index in [2.05, 4.69) is 26.2 Å². The van der Waals surface area contributed by atoms with Crippen molar-refractivity contribution in [2.24, 2.45) is 0 Å². The van der Waals surface area contributed by atoms with E-state index in [0.29, 0.717) is 5.75 Å². The standard InChI is InChI=1S/C15H15BrN2OS/c1-11(12-6-2-3-7-13(12)16)18-14(19)10-20-15-8-4-5-9-17-15/h2-9,11H,10H2,1H3,(H,18,19)/t11-/m1/s1. The van der Waals surface area contributed by atoms with Gasteiger partial charge in [-0.2, -0.15) is 0 Å². The summed E-state index contributed by atoms with van der Waals surface area (Å²) < 4.78 is 1.00. The third kappa shape index (κ3) is 4.35. The number of nitrogens with zero attached hydrogens (tertiary/aromatic N) is 1. The van der Waals surface area contributed by atoms with E-state index in [0.717, 1.165) is 15.1 Å². The molecule has 1 heterocycles. The highest BCUT2D eigenvalue weighted by atomic mass is 79.9. The summed E-state index contributed by atoms with van der Waals surface area (Å²) in [5.74, 6) is 0.370. The minimum absolute atomic E-state index is 0.00362. The van der Waals surface area contributed by atoms with E-state index in [1.807, 2.05) is 49.4 Å². The van der Waals surface area contributed by atoms with Gasteiger partial charge in [0.05, 0.1) is 16.8 Å². The molecule has 0 unspecified atom stereocenters. The molecule has 1 N–H and O–H groups in total. The minimum atomic E-state index is -0.0255. The second kappa shape index (κ2) is 7.45. The van der Waals surface area contributed by atoms with Crippen LogP contribution in [0.1, 0.15) is 18.5 Å². The van der Waals surface area contributed by atoms with Crippen molar-refractivity contribution in [3.63, 3.8) is 0 Å².